The van der Waals surface area contributed by atoms with E-state index in [1.165, 1.54) is 0 Å². The van der Waals surface area contributed by atoms with Gasteiger partial charge >= 0.3 is 0 Å². The van der Waals surface area contributed by atoms with Crippen molar-refractivity contribution in [2.24, 2.45) is 0 Å². The summed E-state index contributed by atoms with van der Waals surface area (Å²) >= 11 is 0. The Kier molecular flexibility index (Phi) is 5.92. The molecule has 0 bridgehead atoms. The van der Waals surface area contributed by atoms with Gasteiger partial charge in [0.05, 0.1) is 5.52 Å². The van der Waals surface area contributed by atoms with Gasteiger partial charge in [-0.2, -0.15) is 0 Å². The second kappa shape index (κ2) is 8.63. The molecule has 0 aliphatic heterocycles. The van der Waals surface area contributed by atoms with Crippen LogP contribution in [0, 0.1) is 6.92 Å². The van der Waals surface area contributed by atoms with Gasteiger partial charge in [-0.1, -0.05) is 12.1 Å². The van der Waals surface area contributed by atoms with E-state index in [4.69, 9.17) is 0 Å². The molecule has 6 nitrogen and oxygen atoms in total. The molecule has 162 valence electrons. The van der Waals surface area contributed by atoms with Crippen LogP contribution in [0.5, 0.6) is 0 Å². The number of anilines is 1. The highest BCUT2D eigenvalue weighted by molar-refractivity contribution is 5.96. The molecule has 1 saturated carbocycles. The minimum Gasteiger partial charge on any atom is -0.353 e. The lowest BCUT2D eigenvalue weighted by molar-refractivity contribution is 0.0951. The van der Waals surface area contributed by atoms with Crippen molar-refractivity contribution in [2.45, 2.75) is 52.1 Å². The predicted octanol–water partition coefficient (Wildman–Crippen LogP) is 4.30. The van der Waals surface area contributed by atoms with Crippen LogP contribution in [0.25, 0.3) is 22.0 Å². The number of rotatable bonds is 7. The number of nitrogens with zero attached hydrogens (tertiary/aromatic N) is 2. The number of hydrogen-bond acceptors (Lipinski definition) is 5. The first kappa shape index (κ1) is 21.2. The highest BCUT2D eigenvalue weighted by Gasteiger charge is 2.24. The van der Waals surface area contributed by atoms with Gasteiger partial charge in [-0.3, -0.25) is 4.79 Å². The summed E-state index contributed by atoms with van der Waals surface area (Å²) in [5.41, 5.74) is 4.94. The van der Waals surface area contributed by atoms with E-state index in [9.17, 15) is 4.79 Å². The fraction of sp³-hybridized carbons (Fsp3) is 0.400. The van der Waals surface area contributed by atoms with Crippen molar-refractivity contribution in [2.75, 3.05) is 18.4 Å². The summed E-state index contributed by atoms with van der Waals surface area (Å²) in [5.74, 6) is 0.635. The molecule has 6 heteroatoms. The molecular weight excluding hydrogens is 386 g/mol. The molecule has 0 atom stereocenters. The summed E-state index contributed by atoms with van der Waals surface area (Å²) in [6.45, 7) is 10.1. The number of hydrogen-bond donors (Lipinski definition) is 3. The van der Waals surface area contributed by atoms with E-state index in [1.807, 2.05) is 30.5 Å². The molecule has 1 heterocycles. The lowest BCUT2D eigenvalue weighted by Crippen LogP contribution is -2.38. The third kappa shape index (κ3) is 5.58. The second-order valence-electron chi connectivity index (χ2n) is 9.35. The van der Waals surface area contributed by atoms with Crippen LogP contribution in [-0.2, 0) is 0 Å². The summed E-state index contributed by atoms with van der Waals surface area (Å²) in [5, 5.41) is 10.8. The largest absolute Gasteiger partial charge is 0.353 e. The van der Waals surface area contributed by atoms with Crippen LogP contribution >= 0.6 is 0 Å². The van der Waals surface area contributed by atoms with Gasteiger partial charge in [0.25, 0.3) is 5.91 Å². The first-order valence-corrected chi connectivity index (χ1v) is 11.0. The standard InChI is InChI=1S/C25H31N5O/c1-16-5-6-18(23(31)29-20-8-9-20)14-21(16)17-7-10-22-19(13-17)15-27-24(30-22)26-11-12-28-25(2,3)4/h5-7,10,13-15,20,28H,8-9,11-12H2,1-4H3,(H,29,31)(H,26,27,30). The smallest absolute Gasteiger partial charge is 0.251 e. The third-order valence-corrected chi connectivity index (χ3v) is 5.37. The Morgan fingerprint density at radius 2 is 1.90 bits per heavy atom. The van der Waals surface area contributed by atoms with E-state index >= 15 is 0 Å². The van der Waals surface area contributed by atoms with E-state index in [0.717, 1.165) is 53.5 Å². The average molecular weight is 418 g/mol. The number of aryl methyl sites for hydroxylation is 1. The van der Waals surface area contributed by atoms with Crippen LogP contribution in [0.3, 0.4) is 0 Å². The van der Waals surface area contributed by atoms with Crippen LogP contribution in [0.1, 0.15) is 49.5 Å². The SMILES string of the molecule is Cc1ccc(C(=O)NC2CC2)cc1-c1ccc2nc(NCCNC(C)(C)C)ncc2c1. The summed E-state index contributed by atoms with van der Waals surface area (Å²) in [4.78, 5) is 21.6. The fourth-order valence-electron chi connectivity index (χ4n) is 3.47. The van der Waals surface area contributed by atoms with Crippen molar-refractivity contribution < 1.29 is 4.79 Å². The normalized spacial score (nSPS) is 13.9. The van der Waals surface area contributed by atoms with Gasteiger partial charge < -0.3 is 16.0 Å². The molecule has 3 N–H and O–H groups in total. The van der Waals surface area contributed by atoms with Crippen molar-refractivity contribution in [3.63, 3.8) is 0 Å². The maximum Gasteiger partial charge on any atom is 0.251 e. The van der Waals surface area contributed by atoms with Crippen molar-refractivity contribution in [1.82, 2.24) is 20.6 Å². The monoisotopic (exact) mass is 417 g/mol. The van der Waals surface area contributed by atoms with Crippen molar-refractivity contribution >= 4 is 22.8 Å². The number of carbonyl (C=O) groups is 1. The second-order valence-corrected chi connectivity index (χ2v) is 9.35. The molecule has 1 aromatic heterocycles. The van der Waals surface area contributed by atoms with E-state index in [1.54, 1.807) is 0 Å². The van der Waals surface area contributed by atoms with Gasteiger partial charge in [-0.15, -0.1) is 0 Å². The van der Waals surface area contributed by atoms with E-state index < -0.39 is 0 Å². The molecule has 1 amide bonds. The fourth-order valence-corrected chi connectivity index (χ4v) is 3.47. The minimum atomic E-state index is 0.00420. The molecule has 0 spiro atoms. The van der Waals surface area contributed by atoms with Gasteiger partial charge in [0.1, 0.15) is 0 Å². The first-order chi connectivity index (χ1) is 14.8. The first-order valence-electron chi connectivity index (χ1n) is 11.0. The van der Waals surface area contributed by atoms with Crippen LogP contribution in [0.4, 0.5) is 5.95 Å². The number of aromatic nitrogens is 2. The topological polar surface area (TPSA) is 78.9 Å². The number of fused-ring (bicyclic) bond motifs is 1. The molecule has 2 aromatic carbocycles. The van der Waals surface area contributed by atoms with Crippen molar-refractivity contribution in [3.8, 4) is 11.1 Å². The van der Waals surface area contributed by atoms with Crippen LogP contribution in [-0.4, -0.2) is 40.5 Å². The molecular formula is C25H31N5O. The van der Waals surface area contributed by atoms with Crippen molar-refractivity contribution in [3.05, 3.63) is 53.7 Å². The molecule has 4 rings (SSSR count). The van der Waals surface area contributed by atoms with Gasteiger partial charge in [0, 0.05) is 41.8 Å². The summed E-state index contributed by atoms with van der Waals surface area (Å²) in [6, 6.07) is 12.4. The number of nitrogens with one attached hydrogen (secondary N) is 3. The quantitative estimate of drug-likeness (QED) is 0.500. The maximum atomic E-state index is 12.5. The van der Waals surface area contributed by atoms with Gasteiger partial charge in [0.2, 0.25) is 5.95 Å². The summed E-state index contributed by atoms with van der Waals surface area (Å²) in [6.07, 6.45) is 4.02. The van der Waals surface area contributed by atoms with Crippen LogP contribution < -0.4 is 16.0 Å². The Labute approximate surface area is 183 Å². The van der Waals surface area contributed by atoms with E-state index in [0.29, 0.717) is 17.6 Å². The van der Waals surface area contributed by atoms with Crippen LogP contribution in [0.2, 0.25) is 0 Å². The molecule has 31 heavy (non-hydrogen) atoms. The molecule has 3 aromatic rings. The minimum absolute atomic E-state index is 0.00420. The zero-order chi connectivity index (χ0) is 22.0. The predicted molar refractivity (Wildman–Crippen MR) is 126 cm³/mol. The Bertz CT molecular complexity index is 1100. The third-order valence-electron chi connectivity index (χ3n) is 5.37. The Morgan fingerprint density at radius 1 is 1.10 bits per heavy atom. The molecule has 1 aliphatic rings. The molecule has 0 unspecified atom stereocenters. The van der Waals surface area contributed by atoms with E-state index in [2.05, 4.69) is 65.7 Å². The molecule has 0 radical (unpaired) electrons. The van der Waals surface area contributed by atoms with Gasteiger partial charge in [-0.25, -0.2) is 9.97 Å². The Hall–Kier alpha value is -2.99. The van der Waals surface area contributed by atoms with E-state index in [-0.39, 0.29) is 11.4 Å². The zero-order valence-corrected chi connectivity index (χ0v) is 18.7. The maximum absolute atomic E-state index is 12.5. The van der Waals surface area contributed by atoms with Crippen LogP contribution in [0.15, 0.2) is 42.6 Å². The number of amides is 1. The highest BCUT2D eigenvalue weighted by Crippen LogP contribution is 2.28. The zero-order valence-electron chi connectivity index (χ0n) is 18.7. The lowest BCUT2D eigenvalue weighted by Gasteiger charge is -2.20. The molecule has 1 fully saturated rings. The highest BCUT2D eigenvalue weighted by atomic mass is 16.1. The molecule has 1 aliphatic carbocycles. The summed E-state index contributed by atoms with van der Waals surface area (Å²) < 4.78 is 0. The van der Waals surface area contributed by atoms with Crippen molar-refractivity contribution in [1.29, 1.82) is 0 Å². The Morgan fingerprint density at radius 3 is 2.65 bits per heavy atom. The summed E-state index contributed by atoms with van der Waals surface area (Å²) in [7, 11) is 0. The number of carbonyl (C=O) groups excluding carboxylic acids is 1. The Balaban J connectivity index is 1.50. The number of benzene rings is 2. The molecule has 0 saturated heterocycles. The van der Waals surface area contributed by atoms with Gasteiger partial charge in [0.15, 0.2) is 0 Å². The lowest BCUT2D eigenvalue weighted by atomic mass is 9.97. The average Bonchev–Trinajstić information content (AvgIpc) is 3.54. The van der Waals surface area contributed by atoms with Gasteiger partial charge in [-0.05, 0) is 81.5 Å².